The molecule has 14 unspecified atom stereocenters. The first kappa shape index (κ1) is 42.1. The molecule has 0 bridgehead atoms. The normalized spacial score (nSPS) is 21.6. The fourth-order valence-electron chi connectivity index (χ4n) is 5.13. The number of hydrogen-bond acceptors (Lipinski definition) is 18. The second kappa shape index (κ2) is 17.8. The quantitative estimate of drug-likeness (QED) is 0.0600. The van der Waals surface area contributed by atoms with E-state index in [9.17, 15) is 84.5 Å². The van der Waals surface area contributed by atoms with Gasteiger partial charge in [-0.2, -0.15) is 8.42 Å². The summed E-state index contributed by atoms with van der Waals surface area (Å²) in [6.07, 6.45) is -33.9. The maximum absolute atomic E-state index is 12.6. The average molecular weight is 717 g/mol. The van der Waals surface area contributed by atoms with Gasteiger partial charge in [-0.3, -0.25) is 4.55 Å². The van der Waals surface area contributed by atoms with Crippen LogP contribution in [0.1, 0.15) is 11.1 Å². The van der Waals surface area contributed by atoms with Crippen LogP contribution in [0.5, 0.6) is 0 Å². The fraction of sp³-hybridized carbons (Fsp3) is 0.643. The minimum absolute atomic E-state index is 0.118. The second-order valence-electron chi connectivity index (χ2n) is 11.5. The van der Waals surface area contributed by atoms with Crippen LogP contribution in [0.3, 0.4) is 0 Å². The predicted octanol–water partition coefficient (Wildman–Crippen LogP) is -7.79. The Morgan fingerprint density at radius 2 is 0.854 bits per heavy atom. The van der Waals surface area contributed by atoms with Crippen LogP contribution in [-0.2, 0) is 23.0 Å². The van der Waals surface area contributed by atoms with Gasteiger partial charge in [0.05, 0.1) is 25.4 Å². The third-order valence-electron chi connectivity index (χ3n) is 8.05. The van der Waals surface area contributed by atoms with Crippen LogP contribution >= 0.6 is 0 Å². The monoisotopic (exact) mass is 716 g/mol. The molecule has 48 heavy (non-hydrogen) atoms. The van der Waals surface area contributed by atoms with E-state index in [1.54, 1.807) is 0 Å². The molecule has 2 rings (SSSR count). The molecule has 17 N–H and O–H groups in total. The summed E-state index contributed by atoms with van der Waals surface area (Å²) in [5.74, 6) is 0. The Morgan fingerprint density at radius 1 is 0.500 bits per heavy atom. The first-order chi connectivity index (χ1) is 22.2. The maximum Gasteiger partial charge on any atom is 0.295 e. The summed E-state index contributed by atoms with van der Waals surface area (Å²) in [4.78, 5) is -0.864. The molecule has 0 radical (unpaired) electrons. The average Bonchev–Trinajstić information content (AvgIpc) is 3.06. The molecule has 2 aromatic carbocycles. The van der Waals surface area contributed by atoms with Crippen LogP contribution in [0.2, 0.25) is 0 Å². The molecule has 19 nitrogen and oxygen atoms in total. The largest absolute Gasteiger partial charge is 0.394 e. The molecule has 276 valence electrons. The number of rotatable bonds is 19. The number of hydrogen-bond donors (Lipinski definition) is 17. The SMILES string of the molecule is O=S(=O)(O)c1c(CC(O)C(O)C(O)C(O)C(O)C(O)C(O)CO)c(CC(O)C(O)C(O)C(O)C(O)C(O)C(O)CO)cc2ccccc12. The highest BCUT2D eigenvalue weighted by atomic mass is 32.2. The first-order valence-corrected chi connectivity index (χ1v) is 15.9. The van der Waals surface area contributed by atoms with E-state index in [1.165, 1.54) is 30.3 Å². The van der Waals surface area contributed by atoms with Crippen LogP contribution in [-0.4, -0.2) is 193 Å². The van der Waals surface area contributed by atoms with E-state index >= 15 is 0 Å². The zero-order chi connectivity index (χ0) is 36.8. The van der Waals surface area contributed by atoms with Crippen molar-refractivity contribution in [3.05, 3.63) is 41.5 Å². The summed E-state index contributed by atoms with van der Waals surface area (Å²) in [5.41, 5.74) is -0.794. The van der Waals surface area contributed by atoms with Crippen LogP contribution in [0.25, 0.3) is 10.8 Å². The molecule has 20 heteroatoms. The Labute approximate surface area is 273 Å². The number of benzene rings is 2. The Hall–Kier alpha value is -2.03. The summed E-state index contributed by atoms with van der Waals surface area (Å²) in [7, 11) is -5.21. The van der Waals surface area contributed by atoms with Gasteiger partial charge < -0.3 is 81.7 Å². The van der Waals surface area contributed by atoms with Crippen molar-refractivity contribution >= 4 is 20.9 Å². The zero-order valence-electron chi connectivity index (χ0n) is 25.1. The van der Waals surface area contributed by atoms with Gasteiger partial charge in [-0.1, -0.05) is 30.3 Å². The van der Waals surface area contributed by atoms with Gasteiger partial charge in [-0.15, -0.1) is 0 Å². The van der Waals surface area contributed by atoms with Gasteiger partial charge in [0.15, 0.2) is 0 Å². The van der Waals surface area contributed by atoms with Crippen LogP contribution < -0.4 is 0 Å². The van der Waals surface area contributed by atoms with Crippen LogP contribution in [0, 0.1) is 0 Å². The maximum atomic E-state index is 12.6. The van der Waals surface area contributed by atoms with Crippen molar-refractivity contribution in [2.75, 3.05) is 13.2 Å². The van der Waals surface area contributed by atoms with Crippen molar-refractivity contribution in [3.8, 4) is 0 Å². The van der Waals surface area contributed by atoms with Gasteiger partial charge in [0.1, 0.15) is 78.1 Å². The number of fused-ring (bicyclic) bond motifs is 1. The van der Waals surface area contributed by atoms with Crippen LogP contribution in [0.15, 0.2) is 35.2 Å². The summed E-state index contributed by atoms with van der Waals surface area (Å²) in [6, 6.07) is 6.69. The van der Waals surface area contributed by atoms with Gasteiger partial charge in [0, 0.05) is 18.2 Å². The smallest absolute Gasteiger partial charge is 0.295 e. The molecule has 0 aliphatic heterocycles. The molecule has 0 amide bonds. The highest BCUT2D eigenvalue weighted by molar-refractivity contribution is 7.86. The van der Waals surface area contributed by atoms with Crippen molar-refractivity contribution in [2.24, 2.45) is 0 Å². The van der Waals surface area contributed by atoms with E-state index in [-0.39, 0.29) is 16.3 Å². The lowest BCUT2D eigenvalue weighted by molar-refractivity contribution is -0.170. The van der Waals surface area contributed by atoms with E-state index in [2.05, 4.69) is 0 Å². The van der Waals surface area contributed by atoms with Gasteiger partial charge in [-0.25, -0.2) is 0 Å². The molecule has 0 saturated heterocycles. The lowest BCUT2D eigenvalue weighted by Crippen LogP contribution is -2.55. The van der Waals surface area contributed by atoms with Gasteiger partial charge in [0.2, 0.25) is 0 Å². The Bertz CT molecular complexity index is 1410. The van der Waals surface area contributed by atoms with Crippen LogP contribution in [0.4, 0.5) is 0 Å². The molecular weight excluding hydrogens is 672 g/mol. The van der Waals surface area contributed by atoms with Gasteiger partial charge in [0.25, 0.3) is 10.1 Å². The summed E-state index contributed by atoms with van der Waals surface area (Å²) < 4.78 is 35.5. The summed E-state index contributed by atoms with van der Waals surface area (Å²) in [6.45, 7) is -2.12. The molecular formula is C28H44O19S. The third-order valence-corrected chi connectivity index (χ3v) is 9.03. The summed E-state index contributed by atoms with van der Waals surface area (Å²) in [5, 5.41) is 161. The van der Waals surface area contributed by atoms with Gasteiger partial charge >= 0.3 is 0 Å². The third kappa shape index (κ3) is 9.81. The van der Waals surface area contributed by atoms with E-state index in [1.807, 2.05) is 0 Å². The van der Waals surface area contributed by atoms with E-state index in [0.717, 1.165) is 0 Å². The molecule has 2 aromatic rings. The van der Waals surface area contributed by atoms with Crippen molar-refractivity contribution in [1.82, 2.24) is 0 Å². The van der Waals surface area contributed by atoms with E-state index in [0.29, 0.717) is 0 Å². The lowest BCUT2D eigenvalue weighted by atomic mass is 9.87. The minimum atomic E-state index is -5.21. The van der Waals surface area contributed by atoms with Crippen molar-refractivity contribution < 1.29 is 94.7 Å². The molecule has 0 heterocycles. The van der Waals surface area contributed by atoms with Crippen molar-refractivity contribution in [2.45, 2.75) is 103 Å². The van der Waals surface area contributed by atoms with Crippen molar-refractivity contribution in [1.29, 1.82) is 0 Å². The Morgan fingerprint density at radius 3 is 1.25 bits per heavy atom. The Balaban J connectivity index is 2.52. The second-order valence-corrected chi connectivity index (χ2v) is 12.8. The zero-order valence-corrected chi connectivity index (χ0v) is 25.9. The highest BCUT2D eigenvalue weighted by Gasteiger charge is 2.41. The minimum Gasteiger partial charge on any atom is -0.394 e. The molecule has 0 saturated carbocycles. The predicted molar refractivity (Wildman–Crippen MR) is 159 cm³/mol. The topological polar surface area (TPSA) is 378 Å². The molecule has 0 fully saturated rings. The fourth-order valence-corrected chi connectivity index (χ4v) is 6.12. The lowest BCUT2D eigenvalue weighted by Gasteiger charge is -2.33. The molecule has 0 aliphatic carbocycles. The number of aliphatic hydroxyl groups is 16. The van der Waals surface area contributed by atoms with E-state index < -0.39 is 132 Å². The van der Waals surface area contributed by atoms with Gasteiger partial charge in [-0.05, 0) is 16.5 Å². The molecule has 0 aromatic heterocycles. The van der Waals surface area contributed by atoms with Crippen molar-refractivity contribution in [3.63, 3.8) is 0 Å². The standard InChI is InChI=1S/C28H44O19S/c29-8-16(33)20(37)24(41)26(43)22(39)18(35)14(31)6-11-5-10-3-1-2-4-12(10)28(48(45,46)47)13(11)7-15(32)19(36)23(40)27(44)25(42)21(38)17(34)9-30/h1-5,14-27,29-44H,6-9H2,(H,45,46,47). The summed E-state index contributed by atoms with van der Waals surface area (Å²) >= 11 is 0. The Kier molecular flexibility index (Phi) is 15.6. The molecule has 0 aliphatic rings. The first-order valence-electron chi connectivity index (χ1n) is 14.5. The molecule has 14 atom stereocenters. The van der Waals surface area contributed by atoms with E-state index in [4.69, 9.17) is 10.2 Å². The highest BCUT2D eigenvalue weighted by Crippen LogP contribution is 2.33. The molecule has 0 spiro atoms. The number of aliphatic hydroxyl groups excluding tert-OH is 16.